The highest BCUT2D eigenvalue weighted by molar-refractivity contribution is 5.87. The summed E-state index contributed by atoms with van der Waals surface area (Å²) in [5.41, 5.74) is 2.85. The molecule has 0 radical (unpaired) electrons. The van der Waals surface area contributed by atoms with Gasteiger partial charge in [0.25, 0.3) is 0 Å². The summed E-state index contributed by atoms with van der Waals surface area (Å²) in [7, 11) is 1.60. The molecule has 0 fully saturated rings. The molecule has 4 heteroatoms. The number of carbonyl (C=O) groups is 1. The fourth-order valence-corrected chi connectivity index (χ4v) is 2.24. The van der Waals surface area contributed by atoms with Gasteiger partial charge in [-0.05, 0) is 24.3 Å². The summed E-state index contributed by atoms with van der Waals surface area (Å²) < 4.78 is 7.05. The number of para-hydroxylation sites is 2. The molecule has 0 saturated carbocycles. The fourth-order valence-electron chi connectivity index (χ4n) is 2.24. The van der Waals surface area contributed by atoms with Gasteiger partial charge in [-0.15, -0.1) is 0 Å². The number of methoxy groups -OCH3 is 1. The average molecular weight is 278 g/mol. The molecule has 0 aliphatic carbocycles. The molecule has 2 aromatic carbocycles. The third kappa shape index (κ3) is 2.43. The van der Waals surface area contributed by atoms with Crippen LogP contribution in [0.15, 0.2) is 60.8 Å². The second kappa shape index (κ2) is 5.63. The van der Waals surface area contributed by atoms with Gasteiger partial charge in [0.05, 0.1) is 18.4 Å². The first-order valence-corrected chi connectivity index (χ1v) is 6.57. The molecule has 0 unspecified atom stereocenters. The summed E-state index contributed by atoms with van der Waals surface area (Å²) in [5.74, 6) is 0.693. The van der Waals surface area contributed by atoms with E-state index in [0.29, 0.717) is 17.0 Å². The van der Waals surface area contributed by atoms with E-state index >= 15 is 0 Å². The first kappa shape index (κ1) is 13.1. The van der Waals surface area contributed by atoms with Crippen LogP contribution in [0.3, 0.4) is 0 Å². The van der Waals surface area contributed by atoms with Gasteiger partial charge in [0.1, 0.15) is 11.4 Å². The summed E-state index contributed by atoms with van der Waals surface area (Å²) >= 11 is 0. The van der Waals surface area contributed by atoms with Crippen LogP contribution in [0, 0.1) is 0 Å². The zero-order chi connectivity index (χ0) is 14.7. The Hall–Kier alpha value is -2.88. The molecule has 3 rings (SSSR count). The number of hydrogen-bond acceptors (Lipinski definition) is 3. The van der Waals surface area contributed by atoms with Crippen LogP contribution in [-0.2, 0) is 0 Å². The molecule has 0 aliphatic heterocycles. The Bertz CT molecular complexity index is 763. The molecule has 3 aromatic rings. The highest BCUT2D eigenvalue weighted by Crippen LogP contribution is 2.30. The van der Waals surface area contributed by atoms with Gasteiger partial charge in [0.15, 0.2) is 6.29 Å². The Morgan fingerprint density at radius 2 is 1.76 bits per heavy atom. The quantitative estimate of drug-likeness (QED) is 0.687. The number of hydrogen-bond donors (Lipinski definition) is 0. The van der Waals surface area contributed by atoms with E-state index in [-0.39, 0.29) is 0 Å². The van der Waals surface area contributed by atoms with E-state index in [9.17, 15) is 4.79 Å². The molecular formula is C17H14N2O2. The summed E-state index contributed by atoms with van der Waals surface area (Å²) in [4.78, 5) is 11.4. The Morgan fingerprint density at radius 1 is 1.05 bits per heavy atom. The molecule has 104 valence electrons. The van der Waals surface area contributed by atoms with Crippen molar-refractivity contribution in [1.29, 1.82) is 0 Å². The van der Waals surface area contributed by atoms with E-state index < -0.39 is 0 Å². The van der Waals surface area contributed by atoms with Crippen molar-refractivity contribution in [2.24, 2.45) is 0 Å². The first-order chi connectivity index (χ1) is 10.3. The second-order valence-corrected chi connectivity index (χ2v) is 4.53. The number of benzene rings is 2. The van der Waals surface area contributed by atoms with Crippen LogP contribution in [-0.4, -0.2) is 23.2 Å². The number of carbonyl (C=O) groups excluding carboxylic acids is 1. The fraction of sp³-hybridized carbons (Fsp3) is 0.0588. The number of nitrogens with zero attached hydrogens (tertiary/aromatic N) is 2. The number of ether oxygens (including phenoxy) is 1. The molecule has 0 aliphatic rings. The number of aromatic nitrogens is 2. The highest BCUT2D eigenvalue weighted by atomic mass is 16.5. The predicted molar refractivity (Wildman–Crippen MR) is 80.9 cm³/mol. The lowest BCUT2D eigenvalue weighted by Crippen LogP contribution is -1.95. The molecule has 4 nitrogen and oxygen atoms in total. The topological polar surface area (TPSA) is 44.1 Å². The predicted octanol–water partition coefficient (Wildman–Crippen LogP) is 3.36. The molecule has 1 aromatic heterocycles. The lowest BCUT2D eigenvalue weighted by atomic mass is 10.1. The normalized spacial score (nSPS) is 10.3. The SMILES string of the molecule is COc1ccccc1-c1nn(-c2ccccc2)cc1C=O. The Morgan fingerprint density at radius 3 is 2.48 bits per heavy atom. The van der Waals surface area contributed by atoms with Crippen molar-refractivity contribution >= 4 is 6.29 Å². The van der Waals surface area contributed by atoms with E-state index in [1.165, 1.54) is 0 Å². The lowest BCUT2D eigenvalue weighted by Gasteiger charge is -2.06. The molecule has 0 spiro atoms. The van der Waals surface area contributed by atoms with Crippen molar-refractivity contribution in [1.82, 2.24) is 9.78 Å². The van der Waals surface area contributed by atoms with Crippen LogP contribution < -0.4 is 4.74 Å². The van der Waals surface area contributed by atoms with E-state index in [1.807, 2.05) is 54.6 Å². The van der Waals surface area contributed by atoms with Gasteiger partial charge >= 0.3 is 0 Å². The van der Waals surface area contributed by atoms with Crippen molar-refractivity contribution in [2.75, 3.05) is 7.11 Å². The van der Waals surface area contributed by atoms with E-state index in [4.69, 9.17) is 4.74 Å². The minimum Gasteiger partial charge on any atom is -0.496 e. The third-order valence-corrected chi connectivity index (χ3v) is 3.25. The maximum atomic E-state index is 11.4. The van der Waals surface area contributed by atoms with Gasteiger partial charge in [-0.1, -0.05) is 30.3 Å². The minimum absolute atomic E-state index is 0.531. The maximum absolute atomic E-state index is 11.4. The number of aldehydes is 1. The first-order valence-electron chi connectivity index (χ1n) is 6.57. The molecule has 0 atom stereocenters. The van der Waals surface area contributed by atoms with E-state index in [2.05, 4.69) is 5.10 Å². The third-order valence-electron chi connectivity index (χ3n) is 3.25. The monoisotopic (exact) mass is 278 g/mol. The second-order valence-electron chi connectivity index (χ2n) is 4.53. The van der Waals surface area contributed by atoms with E-state index in [0.717, 1.165) is 17.5 Å². The molecule has 0 amide bonds. The zero-order valence-corrected chi connectivity index (χ0v) is 11.6. The van der Waals surface area contributed by atoms with Gasteiger partial charge in [-0.2, -0.15) is 5.10 Å². The standard InChI is InChI=1S/C17H14N2O2/c1-21-16-10-6-5-9-15(16)17-13(12-20)11-19(18-17)14-7-3-2-4-8-14/h2-12H,1H3. The van der Waals surface area contributed by atoms with E-state index in [1.54, 1.807) is 18.0 Å². The smallest absolute Gasteiger partial charge is 0.153 e. The molecule has 1 heterocycles. The lowest BCUT2D eigenvalue weighted by molar-refractivity contribution is 0.112. The van der Waals surface area contributed by atoms with Gasteiger partial charge in [0.2, 0.25) is 0 Å². The molecule has 21 heavy (non-hydrogen) atoms. The molecule has 0 bridgehead atoms. The van der Waals surface area contributed by atoms with Crippen LogP contribution in [0.5, 0.6) is 5.75 Å². The highest BCUT2D eigenvalue weighted by Gasteiger charge is 2.15. The Kier molecular flexibility index (Phi) is 3.51. The van der Waals surface area contributed by atoms with Crippen molar-refractivity contribution in [2.45, 2.75) is 0 Å². The average Bonchev–Trinajstić information content (AvgIpc) is 2.99. The maximum Gasteiger partial charge on any atom is 0.153 e. The summed E-state index contributed by atoms with van der Waals surface area (Å²) in [5, 5.41) is 4.54. The summed E-state index contributed by atoms with van der Waals surface area (Å²) in [6, 6.07) is 17.2. The van der Waals surface area contributed by atoms with Gasteiger partial charge < -0.3 is 4.74 Å². The molecular weight excluding hydrogens is 264 g/mol. The Labute approximate surface area is 122 Å². The zero-order valence-electron chi connectivity index (χ0n) is 11.6. The molecule has 0 N–H and O–H groups in total. The van der Waals surface area contributed by atoms with Crippen molar-refractivity contribution in [3.8, 4) is 22.7 Å². The Balaban J connectivity index is 2.15. The van der Waals surface area contributed by atoms with Gasteiger partial charge in [-0.3, -0.25) is 4.79 Å². The van der Waals surface area contributed by atoms with Crippen LogP contribution >= 0.6 is 0 Å². The van der Waals surface area contributed by atoms with Crippen molar-refractivity contribution in [3.05, 3.63) is 66.4 Å². The largest absolute Gasteiger partial charge is 0.496 e. The van der Waals surface area contributed by atoms with Crippen LogP contribution in [0.2, 0.25) is 0 Å². The van der Waals surface area contributed by atoms with Crippen molar-refractivity contribution < 1.29 is 9.53 Å². The summed E-state index contributed by atoms with van der Waals surface area (Å²) in [6.45, 7) is 0. The van der Waals surface area contributed by atoms with Crippen LogP contribution in [0.1, 0.15) is 10.4 Å². The van der Waals surface area contributed by atoms with Gasteiger partial charge in [-0.25, -0.2) is 4.68 Å². The van der Waals surface area contributed by atoms with Crippen LogP contribution in [0.4, 0.5) is 0 Å². The van der Waals surface area contributed by atoms with Gasteiger partial charge in [0, 0.05) is 11.8 Å². The summed E-state index contributed by atoms with van der Waals surface area (Å²) in [6.07, 6.45) is 2.54. The van der Waals surface area contributed by atoms with Crippen molar-refractivity contribution in [3.63, 3.8) is 0 Å². The molecule has 0 saturated heterocycles. The number of rotatable bonds is 4. The minimum atomic E-state index is 0.531. The van der Waals surface area contributed by atoms with Crippen LogP contribution in [0.25, 0.3) is 16.9 Å².